The number of rotatable bonds is 11. The maximum absolute atomic E-state index is 13.5. The van der Waals surface area contributed by atoms with Crippen LogP contribution in [0.15, 0.2) is 68.8 Å². The van der Waals surface area contributed by atoms with Gasteiger partial charge in [0.1, 0.15) is 5.58 Å². The largest absolute Gasteiger partial charge is 0.451 e. The van der Waals surface area contributed by atoms with Gasteiger partial charge in [-0.25, -0.2) is 8.42 Å². The third-order valence-electron chi connectivity index (χ3n) is 6.68. The predicted octanol–water partition coefficient (Wildman–Crippen LogP) is 2.69. The van der Waals surface area contributed by atoms with E-state index in [1.807, 2.05) is 24.3 Å². The van der Waals surface area contributed by atoms with Crippen molar-refractivity contribution in [1.82, 2.24) is 10.2 Å². The summed E-state index contributed by atoms with van der Waals surface area (Å²) in [4.78, 5) is 27.8. The summed E-state index contributed by atoms with van der Waals surface area (Å²) in [6.45, 7) is 2.54. The lowest BCUT2D eigenvalue weighted by Gasteiger charge is -2.38. The van der Waals surface area contributed by atoms with E-state index >= 15 is 0 Å². The van der Waals surface area contributed by atoms with Crippen LogP contribution in [0.5, 0.6) is 0 Å². The molecule has 9 nitrogen and oxygen atoms in total. The molecule has 0 bridgehead atoms. The van der Waals surface area contributed by atoms with Crippen molar-refractivity contribution >= 4 is 44.4 Å². The van der Waals surface area contributed by atoms with Crippen LogP contribution in [0, 0.1) is 0 Å². The van der Waals surface area contributed by atoms with E-state index in [1.165, 1.54) is 23.9 Å². The molecule has 0 spiro atoms. The smallest absolute Gasteiger partial charge is 0.287 e. The van der Waals surface area contributed by atoms with Gasteiger partial charge in [-0.05, 0) is 49.2 Å². The molecular weight excluding hydrogens is 514 g/mol. The second kappa shape index (κ2) is 11.7. The number of carbonyl (C=O) groups excluding carboxylic acids is 2. The molecule has 2 heterocycles. The molecule has 2 aromatic carbocycles. The van der Waals surface area contributed by atoms with Gasteiger partial charge in [0.2, 0.25) is 5.91 Å². The molecule has 3 aromatic rings. The summed E-state index contributed by atoms with van der Waals surface area (Å²) in [7, 11) is -2.36. The first kappa shape index (κ1) is 27.2. The fourth-order valence-electron chi connectivity index (χ4n) is 4.46. The van der Waals surface area contributed by atoms with Gasteiger partial charge in [0.15, 0.2) is 20.3 Å². The van der Waals surface area contributed by atoms with Gasteiger partial charge >= 0.3 is 0 Å². The van der Waals surface area contributed by atoms with E-state index in [2.05, 4.69) is 10.2 Å². The number of hydrogen-bond acceptors (Lipinski definition) is 8. The predicted molar refractivity (Wildman–Crippen MR) is 142 cm³/mol. The van der Waals surface area contributed by atoms with E-state index in [9.17, 15) is 18.0 Å². The van der Waals surface area contributed by atoms with Crippen LogP contribution < -0.4 is 11.1 Å². The number of benzene rings is 2. The van der Waals surface area contributed by atoms with Crippen molar-refractivity contribution in [2.45, 2.75) is 27.4 Å². The van der Waals surface area contributed by atoms with Gasteiger partial charge in [0, 0.05) is 49.3 Å². The zero-order valence-corrected chi connectivity index (χ0v) is 22.3. The minimum atomic E-state index is -3.97. The molecule has 0 radical (unpaired) electrons. The minimum Gasteiger partial charge on any atom is -0.451 e. The second-order valence-corrected chi connectivity index (χ2v) is 12.3. The van der Waals surface area contributed by atoms with Crippen LogP contribution in [0.25, 0.3) is 11.0 Å². The van der Waals surface area contributed by atoms with Gasteiger partial charge < -0.3 is 25.1 Å². The number of likely N-dealkylation sites (tertiary alicyclic amines) is 1. The number of ether oxygens (including phenoxy) is 1. The number of primary amides is 1. The highest BCUT2D eigenvalue weighted by Crippen LogP contribution is 2.36. The number of piperidine rings is 1. The van der Waals surface area contributed by atoms with E-state index < -0.39 is 20.5 Å². The number of nitrogens with one attached hydrogen (secondary N) is 1. The van der Waals surface area contributed by atoms with Gasteiger partial charge in [-0.2, -0.15) is 0 Å². The molecule has 1 aliphatic heterocycles. The number of amides is 2. The molecule has 3 N–H and O–H groups in total. The zero-order valence-electron chi connectivity index (χ0n) is 20.6. The molecule has 1 fully saturated rings. The third kappa shape index (κ3) is 5.85. The highest BCUT2D eigenvalue weighted by molar-refractivity contribution is 7.99. The quantitative estimate of drug-likeness (QED) is 0.278. The van der Waals surface area contributed by atoms with E-state index in [0.717, 1.165) is 10.3 Å². The monoisotopic (exact) mass is 545 g/mol. The Balaban J connectivity index is 1.33. The molecule has 1 aromatic heterocycles. The number of nitrogens with two attached hydrogens (primary N) is 1. The molecule has 198 valence electrons. The van der Waals surface area contributed by atoms with E-state index in [1.54, 1.807) is 25.3 Å². The third-order valence-corrected chi connectivity index (χ3v) is 10.2. The summed E-state index contributed by atoms with van der Waals surface area (Å²) in [5, 5.41) is 3.70. The van der Waals surface area contributed by atoms with Crippen molar-refractivity contribution in [2.24, 2.45) is 5.73 Å². The van der Waals surface area contributed by atoms with E-state index in [-0.39, 0.29) is 29.4 Å². The average Bonchev–Trinajstić information content (AvgIpc) is 3.35. The topological polar surface area (TPSA) is 132 Å². The number of sulfone groups is 1. The summed E-state index contributed by atoms with van der Waals surface area (Å²) in [5.74, 6) is -0.255. The first-order valence-electron chi connectivity index (χ1n) is 12.0. The summed E-state index contributed by atoms with van der Waals surface area (Å²) in [6, 6.07) is 15.6. The Morgan fingerprint density at radius 2 is 1.84 bits per heavy atom. The molecule has 1 aliphatic rings. The number of para-hydroxylation sites is 1. The molecule has 0 saturated carbocycles. The Kier molecular flexibility index (Phi) is 8.58. The molecule has 1 saturated heterocycles. The standard InChI is InChI=1S/C26H31N3O6S2/c1-34-16-15-29-13-10-26(11-14-29,25(27)31)37(32,33)21-8-6-20(7-9-21)36-17-12-28-24(30)23-18-19-4-2-3-5-22(19)35-23/h2-9,18H,10-17H2,1H3,(H2,27,31)(H,28,30). The van der Waals surface area contributed by atoms with Crippen LogP contribution in [0.4, 0.5) is 0 Å². The van der Waals surface area contributed by atoms with Crippen LogP contribution >= 0.6 is 11.8 Å². The SMILES string of the molecule is COCCN1CCC(C(N)=O)(S(=O)(=O)c2ccc(SCCNC(=O)c3cc4ccccc4o3)cc2)CC1. The van der Waals surface area contributed by atoms with Crippen molar-refractivity contribution in [3.05, 3.63) is 60.4 Å². The molecule has 2 amide bonds. The fourth-order valence-corrected chi connectivity index (χ4v) is 7.16. The second-order valence-electron chi connectivity index (χ2n) is 8.92. The number of furan rings is 1. The zero-order chi connectivity index (χ0) is 26.5. The van der Waals surface area contributed by atoms with Crippen LogP contribution in [-0.2, 0) is 19.4 Å². The molecule has 0 atom stereocenters. The minimum absolute atomic E-state index is 0.0826. The van der Waals surface area contributed by atoms with Crippen molar-refractivity contribution in [2.75, 3.05) is 45.6 Å². The molecule has 4 rings (SSSR count). The molecule has 0 unspecified atom stereocenters. The molecular formula is C26H31N3O6S2. The molecule has 37 heavy (non-hydrogen) atoms. The lowest BCUT2D eigenvalue weighted by atomic mass is 9.95. The lowest BCUT2D eigenvalue weighted by Crippen LogP contribution is -2.57. The van der Waals surface area contributed by atoms with Crippen LogP contribution in [0.2, 0.25) is 0 Å². The number of carbonyl (C=O) groups is 2. The Morgan fingerprint density at radius 3 is 2.49 bits per heavy atom. The summed E-state index contributed by atoms with van der Waals surface area (Å²) < 4.78 is 36.1. The van der Waals surface area contributed by atoms with E-state index in [4.69, 9.17) is 14.9 Å². The first-order valence-corrected chi connectivity index (χ1v) is 14.5. The molecule has 11 heteroatoms. The Hall–Kier alpha value is -2.86. The summed E-state index contributed by atoms with van der Waals surface area (Å²) >= 11 is 1.48. The molecule has 0 aliphatic carbocycles. The number of nitrogens with zero attached hydrogens (tertiary/aromatic N) is 1. The van der Waals surface area contributed by atoms with Crippen LogP contribution in [-0.4, -0.2) is 75.5 Å². The first-order chi connectivity index (χ1) is 17.8. The van der Waals surface area contributed by atoms with Gasteiger partial charge in [-0.15, -0.1) is 11.8 Å². The normalized spacial score (nSPS) is 16.0. The fraction of sp³-hybridized carbons (Fsp3) is 0.385. The summed E-state index contributed by atoms with van der Waals surface area (Å²) in [6.07, 6.45) is 0.297. The number of thioether (sulfide) groups is 1. The lowest BCUT2D eigenvalue weighted by molar-refractivity contribution is -0.121. The Morgan fingerprint density at radius 1 is 1.14 bits per heavy atom. The van der Waals surface area contributed by atoms with Crippen LogP contribution in [0.1, 0.15) is 23.4 Å². The number of hydrogen-bond donors (Lipinski definition) is 2. The number of methoxy groups -OCH3 is 1. The van der Waals surface area contributed by atoms with E-state index in [0.29, 0.717) is 44.1 Å². The summed E-state index contributed by atoms with van der Waals surface area (Å²) in [5.41, 5.74) is 6.32. The highest BCUT2D eigenvalue weighted by Gasteiger charge is 2.51. The van der Waals surface area contributed by atoms with Gasteiger partial charge in [0.25, 0.3) is 5.91 Å². The highest BCUT2D eigenvalue weighted by atomic mass is 32.2. The Bertz CT molecular complexity index is 1310. The van der Waals surface area contributed by atoms with Gasteiger partial charge in [-0.1, -0.05) is 18.2 Å². The van der Waals surface area contributed by atoms with Crippen molar-refractivity contribution in [3.8, 4) is 0 Å². The number of fused-ring (bicyclic) bond motifs is 1. The van der Waals surface area contributed by atoms with Gasteiger partial charge in [-0.3, -0.25) is 9.59 Å². The van der Waals surface area contributed by atoms with Crippen molar-refractivity contribution in [1.29, 1.82) is 0 Å². The van der Waals surface area contributed by atoms with Gasteiger partial charge in [0.05, 0.1) is 11.5 Å². The average molecular weight is 546 g/mol. The van der Waals surface area contributed by atoms with Crippen LogP contribution in [0.3, 0.4) is 0 Å². The van der Waals surface area contributed by atoms with Crippen molar-refractivity contribution in [3.63, 3.8) is 0 Å². The Labute approximate surface area is 220 Å². The van der Waals surface area contributed by atoms with Crippen molar-refractivity contribution < 1.29 is 27.2 Å². The maximum Gasteiger partial charge on any atom is 0.287 e. The maximum atomic E-state index is 13.5.